The number of ether oxygens (including phenoxy) is 1. The topological polar surface area (TPSA) is 29.5 Å². The van der Waals surface area contributed by atoms with Crippen molar-refractivity contribution in [3.05, 3.63) is 0 Å². The summed E-state index contributed by atoms with van der Waals surface area (Å²) in [6, 6.07) is 0. The van der Waals surface area contributed by atoms with E-state index >= 15 is 0 Å². The second kappa shape index (κ2) is 4.76. The molecule has 0 aromatic heterocycles. The summed E-state index contributed by atoms with van der Waals surface area (Å²) in [4.78, 5) is 15.1. The van der Waals surface area contributed by atoms with Gasteiger partial charge in [0.05, 0.1) is 6.61 Å². The molecule has 0 aromatic carbocycles. The smallest absolute Gasteiger partial charge is 0.228 e. The van der Waals surface area contributed by atoms with Crippen LogP contribution in [0.25, 0.3) is 0 Å². The Hall–Kier alpha value is -0.570. The van der Waals surface area contributed by atoms with Crippen LogP contribution in [0.1, 0.15) is 52.4 Å². The quantitative estimate of drug-likeness (QED) is 0.785. The maximum atomic E-state index is 12.9. The zero-order valence-electron chi connectivity index (χ0n) is 12.4. The lowest BCUT2D eigenvalue weighted by Crippen LogP contribution is -2.48. The van der Waals surface area contributed by atoms with Gasteiger partial charge in [0.2, 0.25) is 5.91 Å². The molecule has 2 heterocycles. The summed E-state index contributed by atoms with van der Waals surface area (Å²) in [5.41, 5.74) is 0.303. The molecule has 1 unspecified atom stereocenters. The number of hydrogen-bond acceptors (Lipinski definition) is 2. The standard InChI is InChI=1S/C16H27NO2/c1-13(2)10-16(4-3-5-16)14(18)17-8-6-15(11-17)7-9-19-12-15/h13H,3-12H2,1-2H3. The van der Waals surface area contributed by atoms with Gasteiger partial charge in [0.25, 0.3) is 0 Å². The second-order valence-electron chi connectivity index (χ2n) is 7.51. The van der Waals surface area contributed by atoms with Crippen molar-refractivity contribution < 1.29 is 9.53 Å². The molecule has 2 saturated heterocycles. The van der Waals surface area contributed by atoms with Crippen molar-refractivity contribution in [1.82, 2.24) is 4.90 Å². The summed E-state index contributed by atoms with van der Waals surface area (Å²) >= 11 is 0. The van der Waals surface area contributed by atoms with Crippen LogP contribution in [-0.2, 0) is 9.53 Å². The highest BCUT2D eigenvalue weighted by Crippen LogP contribution is 2.49. The van der Waals surface area contributed by atoms with Crippen molar-refractivity contribution in [3.8, 4) is 0 Å². The first-order valence-electron chi connectivity index (χ1n) is 7.93. The van der Waals surface area contributed by atoms with Crippen LogP contribution in [0.15, 0.2) is 0 Å². The van der Waals surface area contributed by atoms with Gasteiger partial charge < -0.3 is 9.64 Å². The molecule has 0 radical (unpaired) electrons. The minimum absolute atomic E-state index is 0.000835. The van der Waals surface area contributed by atoms with Crippen molar-refractivity contribution in [2.24, 2.45) is 16.7 Å². The van der Waals surface area contributed by atoms with Crippen LogP contribution < -0.4 is 0 Å². The molecule has 1 saturated carbocycles. The van der Waals surface area contributed by atoms with Crippen LogP contribution in [0.2, 0.25) is 0 Å². The summed E-state index contributed by atoms with van der Waals surface area (Å²) in [5.74, 6) is 1.08. The zero-order chi connectivity index (χ0) is 13.5. The van der Waals surface area contributed by atoms with Crippen molar-refractivity contribution >= 4 is 5.91 Å². The Morgan fingerprint density at radius 2 is 2.05 bits per heavy atom. The molecule has 3 aliphatic rings. The molecule has 1 amide bonds. The number of amides is 1. The van der Waals surface area contributed by atoms with Gasteiger partial charge >= 0.3 is 0 Å². The summed E-state index contributed by atoms with van der Waals surface area (Å²) in [6.45, 7) is 8.15. The molecule has 1 spiro atoms. The van der Waals surface area contributed by atoms with Gasteiger partial charge in [0, 0.05) is 30.5 Å². The molecule has 1 atom stereocenters. The third-order valence-corrected chi connectivity index (χ3v) is 5.47. The normalized spacial score (nSPS) is 33.1. The van der Waals surface area contributed by atoms with Crippen molar-refractivity contribution in [3.63, 3.8) is 0 Å². The van der Waals surface area contributed by atoms with E-state index in [1.165, 1.54) is 6.42 Å². The number of likely N-dealkylation sites (tertiary alicyclic amines) is 1. The lowest BCUT2D eigenvalue weighted by atomic mass is 9.63. The van der Waals surface area contributed by atoms with E-state index in [0.29, 0.717) is 17.2 Å². The first-order valence-corrected chi connectivity index (χ1v) is 7.93. The largest absolute Gasteiger partial charge is 0.381 e. The molecule has 3 heteroatoms. The number of nitrogens with zero attached hydrogens (tertiary/aromatic N) is 1. The lowest BCUT2D eigenvalue weighted by Gasteiger charge is -2.44. The Bertz CT molecular complexity index is 354. The first kappa shape index (κ1) is 13.4. The van der Waals surface area contributed by atoms with Crippen molar-refractivity contribution in [1.29, 1.82) is 0 Å². The summed E-state index contributed by atoms with van der Waals surface area (Å²) in [7, 11) is 0. The minimum atomic E-state index is -0.000835. The SMILES string of the molecule is CC(C)CC1(C(=O)N2CCC3(CCOC3)C2)CCC1. The molecule has 0 N–H and O–H groups in total. The van der Waals surface area contributed by atoms with E-state index in [1.807, 2.05) is 0 Å². The molecule has 108 valence electrons. The minimum Gasteiger partial charge on any atom is -0.381 e. The number of carbonyl (C=O) groups excluding carboxylic acids is 1. The average molecular weight is 265 g/mol. The maximum Gasteiger partial charge on any atom is 0.228 e. The molecular formula is C16H27NO2. The van der Waals surface area contributed by atoms with Crippen molar-refractivity contribution in [2.45, 2.75) is 52.4 Å². The Labute approximate surface area is 116 Å². The summed E-state index contributed by atoms with van der Waals surface area (Å²) in [6.07, 6.45) is 6.84. The van der Waals surface area contributed by atoms with E-state index in [1.54, 1.807) is 0 Å². The van der Waals surface area contributed by atoms with Gasteiger partial charge in [0.15, 0.2) is 0 Å². The van der Waals surface area contributed by atoms with Gasteiger partial charge in [0.1, 0.15) is 0 Å². The van der Waals surface area contributed by atoms with Crippen molar-refractivity contribution in [2.75, 3.05) is 26.3 Å². The fourth-order valence-corrected chi connectivity index (χ4v) is 4.31. The van der Waals surface area contributed by atoms with Crippen LogP contribution in [-0.4, -0.2) is 37.1 Å². The Morgan fingerprint density at radius 3 is 2.58 bits per heavy atom. The molecule has 3 rings (SSSR count). The fourth-order valence-electron chi connectivity index (χ4n) is 4.31. The molecular weight excluding hydrogens is 238 g/mol. The molecule has 1 aliphatic carbocycles. The highest BCUT2D eigenvalue weighted by Gasteiger charge is 2.50. The number of carbonyl (C=O) groups is 1. The van der Waals surface area contributed by atoms with Gasteiger partial charge in [-0.2, -0.15) is 0 Å². The molecule has 3 nitrogen and oxygen atoms in total. The van der Waals surface area contributed by atoms with Gasteiger partial charge in [-0.05, 0) is 38.0 Å². The summed E-state index contributed by atoms with van der Waals surface area (Å²) < 4.78 is 5.56. The van der Waals surface area contributed by atoms with E-state index in [-0.39, 0.29) is 5.41 Å². The Morgan fingerprint density at radius 1 is 1.26 bits per heavy atom. The molecule has 2 aliphatic heterocycles. The lowest BCUT2D eigenvalue weighted by molar-refractivity contribution is -0.148. The third-order valence-electron chi connectivity index (χ3n) is 5.47. The van der Waals surface area contributed by atoms with Crippen LogP contribution in [0.3, 0.4) is 0 Å². The highest BCUT2D eigenvalue weighted by molar-refractivity contribution is 5.84. The van der Waals surface area contributed by atoms with Gasteiger partial charge in [-0.25, -0.2) is 0 Å². The van der Waals surface area contributed by atoms with E-state index in [2.05, 4.69) is 18.7 Å². The van der Waals surface area contributed by atoms with E-state index in [0.717, 1.165) is 58.4 Å². The Balaban J connectivity index is 1.67. The van der Waals surface area contributed by atoms with Crippen LogP contribution in [0.4, 0.5) is 0 Å². The molecule has 3 fully saturated rings. The zero-order valence-corrected chi connectivity index (χ0v) is 12.4. The first-order chi connectivity index (χ1) is 9.05. The number of hydrogen-bond donors (Lipinski definition) is 0. The highest BCUT2D eigenvalue weighted by atomic mass is 16.5. The monoisotopic (exact) mass is 265 g/mol. The third kappa shape index (κ3) is 2.31. The number of rotatable bonds is 3. The molecule has 19 heavy (non-hydrogen) atoms. The van der Waals surface area contributed by atoms with Gasteiger partial charge in [-0.3, -0.25) is 4.79 Å². The maximum absolute atomic E-state index is 12.9. The van der Waals surface area contributed by atoms with Crippen LogP contribution in [0.5, 0.6) is 0 Å². The molecule has 0 aromatic rings. The molecule has 0 bridgehead atoms. The Kier molecular flexibility index (Phi) is 3.36. The van der Waals surface area contributed by atoms with Crippen LogP contribution >= 0.6 is 0 Å². The van der Waals surface area contributed by atoms with E-state index < -0.39 is 0 Å². The van der Waals surface area contributed by atoms with Crippen LogP contribution in [0, 0.1) is 16.7 Å². The second-order valence-corrected chi connectivity index (χ2v) is 7.51. The van der Waals surface area contributed by atoms with Gasteiger partial charge in [-0.1, -0.05) is 20.3 Å². The fraction of sp³-hybridized carbons (Fsp3) is 0.938. The van der Waals surface area contributed by atoms with Gasteiger partial charge in [-0.15, -0.1) is 0 Å². The predicted octanol–water partition coefficient (Wildman–Crippen LogP) is 2.84. The van der Waals surface area contributed by atoms with E-state index in [9.17, 15) is 4.79 Å². The summed E-state index contributed by atoms with van der Waals surface area (Å²) in [5, 5.41) is 0. The average Bonchev–Trinajstić information content (AvgIpc) is 2.94. The predicted molar refractivity (Wildman–Crippen MR) is 74.8 cm³/mol. The van der Waals surface area contributed by atoms with E-state index in [4.69, 9.17) is 4.74 Å².